The van der Waals surface area contributed by atoms with Gasteiger partial charge in [0, 0.05) is 29.9 Å². The first-order chi connectivity index (χ1) is 12.2. The molecule has 1 aliphatic rings. The number of fused-ring (bicyclic) bond motifs is 1. The van der Waals surface area contributed by atoms with Gasteiger partial charge >= 0.3 is 0 Å². The zero-order valence-corrected chi connectivity index (χ0v) is 14.7. The smallest absolute Gasteiger partial charge is 0.130 e. The Hall–Kier alpha value is -2.62. The van der Waals surface area contributed by atoms with Crippen LogP contribution >= 0.6 is 0 Å². The summed E-state index contributed by atoms with van der Waals surface area (Å²) >= 11 is 0. The molecule has 0 amide bonds. The molecule has 1 fully saturated rings. The minimum Gasteiger partial charge on any atom is -0.344 e. The van der Waals surface area contributed by atoms with Crippen LogP contribution in [0.25, 0.3) is 22.0 Å². The summed E-state index contributed by atoms with van der Waals surface area (Å²) in [5.74, 6) is 1.46. The second kappa shape index (κ2) is 6.71. The molecule has 4 nitrogen and oxygen atoms in total. The molecule has 0 unspecified atom stereocenters. The van der Waals surface area contributed by atoms with Crippen LogP contribution in [-0.4, -0.2) is 14.5 Å². The number of nitrogens with one attached hydrogen (secondary N) is 1. The van der Waals surface area contributed by atoms with E-state index in [1.54, 1.807) is 0 Å². The summed E-state index contributed by atoms with van der Waals surface area (Å²) in [4.78, 5) is 8.78. The lowest BCUT2D eigenvalue weighted by Crippen LogP contribution is -2.14. The number of pyridine rings is 1. The molecule has 2 aromatic heterocycles. The Morgan fingerprint density at radius 1 is 1.12 bits per heavy atom. The number of anilines is 1. The predicted octanol–water partition coefficient (Wildman–Crippen LogP) is 5.14. The average molecular weight is 332 g/mol. The van der Waals surface area contributed by atoms with Gasteiger partial charge in [-0.15, -0.1) is 0 Å². The van der Waals surface area contributed by atoms with E-state index < -0.39 is 0 Å². The highest BCUT2D eigenvalue weighted by Crippen LogP contribution is 2.30. The molecule has 0 bridgehead atoms. The number of allylic oxidation sites excluding steroid dienone is 1. The summed E-state index contributed by atoms with van der Waals surface area (Å²) < 4.78 is 2.03. The zero-order chi connectivity index (χ0) is 17.2. The summed E-state index contributed by atoms with van der Waals surface area (Å²) in [5.41, 5.74) is 3.38. The summed E-state index contributed by atoms with van der Waals surface area (Å²) in [7, 11) is 2.01. The summed E-state index contributed by atoms with van der Waals surface area (Å²) in [6, 6.07) is 8.55. The number of nitrogens with zero attached hydrogens (tertiary/aromatic N) is 3. The molecule has 0 spiro atoms. The fourth-order valence-electron chi connectivity index (χ4n) is 3.72. The Labute approximate surface area is 148 Å². The second-order valence-electron chi connectivity index (χ2n) is 7.01. The number of hydrogen-bond acceptors (Lipinski definition) is 3. The number of aryl methyl sites for hydroxylation is 1. The van der Waals surface area contributed by atoms with Crippen LogP contribution in [0.3, 0.4) is 0 Å². The maximum Gasteiger partial charge on any atom is 0.130 e. The van der Waals surface area contributed by atoms with Gasteiger partial charge in [0.25, 0.3) is 0 Å². The van der Waals surface area contributed by atoms with E-state index in [-0.39, 0.29) is 0 Å². The van der Waals surface area contributed by atoms with Crippen molar-refractivity contribution in [2.45, 2.75) is 32.1 Å². The van der Waals surface area contributed by atoms with E-state index in [9.17, 15) is 0 Å². The van der Waals surface area contributed by atoms with Crippen LogP contribution in [0.2, 0.25) is 0 Å². The van der Waals surface area contributed by atoms with E-state index in [1.165, 1.54) is 37.5 Å². The van der Waals surface area contributed by atoms with Gasteiger partial charge in [-0.2, -0.15) is 0 Å². The number of benzene rings is 1. The third-order valence-electron chi connectivity index (χ3n) is 5.22. The second-order valence-corrected chi connectivity index (χ2v) is 7.01. The summed E-state index contributed by atoms with van der Waals surface area (Å²) in [5, 5.41) is 5.76. The molecule has 0 radical (unpaired) electrons. The van der Waals surface area contributed by atoms with Gasteiger partial charge in [-0.25, -0.2) is 9.97 Å². The monoisotopic (exact) mass is 332 g/mol. The third kappa shape index (κ3) is 3.29. The molecule has 1 saturated carbocycles. The fourth-order valence-corrected chi connectivity index (χ4v) is 3.72. The molecule has 4 heteroatoms. The lowest BCUT2D eigenvalue weighted by Gasteiger charge is -2.24. The SMILES string of the molecule is C=C(Nc1cc2cc(-c3cncn3C)ccc2cn1)C1CCCCC1. The first-order valence-corrected chi connectivity index (χ1v) is 9.03. The maximum atomic E-state index is 4.56. The first kappa shape index (κ1) is 15.9. The van der Waals surface area contributed by atoms with Crippen molar-refractivity contribution in [2.24, 2.45) is 13.0 Å². The van der Waals surface area contributed by atoms with Crippen LogP contribution in [0.5, 0.6) is 0 Å². The van der Waals surface area contributed by atoms with Gasteiger partial charge in [-0.1, -0.05) is 38.0 Å². The quantitative estimate of drug-likeness (QED) is 0.719. The minimum atomic E-state index is 0.576. The van der Waals surface area contributed by atoms with Gasteiger partial charge < -0.3 is 9.88 Å². The van der Waals surface area contributed by atoms with E-state index in [0.29, 0.717) is 5.92 Å². The highest BCUT2D eigenvalue weighted by atomic mass is 15.0. The van der Waals surface area contributed by atoms with Gasteiger partial charge in [-0.3, -0.25) is 0 Å². The van der Waals surface area contributed by atoms with Gasteiger partial charge in [0.1, 0.15) is 5.82 Å². The number of imidazole rings is 1. The molecule has 25 heavy (non-hydrogen) atoms. The molecule has 1 aliphatic carbocycles. The Bertz CT molecular complexity index is 903. The molecule has 0 atom stereocenters. The molecule has 2 heterocycles. The van der Waals surface area contributed by atoms with Crippen LogP contribution in [-0.2, 0) is 7.05 Å². The number of aromatic nitrogens is 3. The predicted molar refractivity (Wildman–Crippen MR) is 103 cm³/mol. The topological polar surface area (TPSA) is 42.7 Å². The van der Waals surface area contributed by atoms with Crippen molar-refractivity contribution < 1.29 is 0 Å². The van der Waals surface area contributed by atoms with E-state index in [4.69, 9.17) is 0 Å². The molecule has 0 saturated heterocycles. The number of rotatable bonds is 4. The van der Waals surface area contributed by atoms with Crippen LogP contribution in [0.4, 0.5) is 5.82 Å². The molecule has 128 valence electrons. The molecular formula is C21H24N4. The first-order valence-electron chi connectivity index (χ1n) is 9.03. The summed E-state index contributed by atoms with van der Waals surface area (Å²) in [6.07, 6.45) is 12.1. The highest BCUT2D eigenvalue weighted by Gasteiger charge is 2.16. The van der Waals surface area contributed by atoms with E-state index in [0.717, 1.165) is 28.2 Å². The van der Waals surface area contributed by atoms with E-state index >= 15 is 0 Å². The minimum absolute atomic E-state index is 0.576. The highest BCUT2D eigenvalue weighted by molar-refractivity contribution is 5.88. The van der Waals surface area contributed by atoms with Crippen LogP contribution in [0.15, 0.2) is 55.3 Å². The summed E-state index contributed by atoms with van der Waals surface area (Å²) in [6.45, 7) is 4.26. The molecule has 1 aromatic carbocycles. The van der Waals surface area contributed by atoms with Gasteiger partial charge in [0.05, 0.1) is 18.2 Å². The fraction of sp³-hybridized carbons (Fsp3) is 0.333. The maximum absolute atomic E-state index is 4.56. The largest absolute Gasteiger partial charge is 0.344 e. The lowest BCUT2D eigenvalue weighted by molar-refractivity contribution is 0.405. The van der Waals surface area contributed by atoms with Gasteiger partial charge in [0.15, 0.2) is 0 Å². The zero-order valence-electron chi connectivity index (χ0n) is 14.7. The van der Waals surface area contributed by atoms with Crippen molar-refractivity contribution in [3.8, 4) is 11.3 Å². The lowest BCUT2D eigenvalue weighted by atomic mass is 9.87. The van der Waals surface area contributed by atoms with E-state index in [2.05, 4.69) is 46.1 Å². The Morgan fingerprint density at radius 2 is 1.96 bits per heavy atom. The van der Waals surface area contributed by atoms with E-state index in [1.807, 2.05) is 30.3 Å². The van der Waals surface area contributed by atoms with Crippen molar-refractivity contribution >= 4 is 16.6 Å². The molecule has 1 N–H and O–H groups in total. The Kier molecular flexibility index (Phi) is 4.26. The van der Waals surface area contributed by atoms with Crippen LogP contribution in [0.1, 0.15) is 32.1 Å². The van der Waals surface area contributed by atoms with Crippen molar-refractivity contribution in [1.29, 1.82) is 0 Å². The molecule has 4 rings (SSSR count). The molecule has 0 aliphatic heterocycles. The Balaban J connectivity index is 1.60. The van der Waals surface area contributed by atoms with Crippen molar-refractivity contribution in [3.05, 3.63) is 55.3 Å². The standard InChI is InChI=1S/C21H24N4/c1-15(16-6-4-3-5-7-16)24-21-11-19-10-17(8-9-18(19)12-23-21)20-13-22-14-25(20)2/h8-14,16H,1,3-7H2,2H3,(H,23,24). The normalized spacial score (nSPS) is 15.4. The van der Waals surface area contributed by atoms with Crippen molar-refractivity contribution in [3.63, 3.8) is 0 Å². The van der Waals surface area contributed by atoms with Gasteiger partial charge in [0.2, 0.25) is 0 Å². The average Bonchev–Trinajstić information content (AvgIpc) is 3.08. The third-order valence-corrected chi connectivity index (χ3v) is 5.22. The molecule has 3 aromatic rings. The molecular weight excluding hydrogens is 308 g/mol. The number of hydrogen-bond donors (Lipinski definition) is 1. The van der Waals surface area contributed by atoms with Crippen LogP contribution in [0, 0.1) is 5.92 Å². The van der Waals surface area contributed by atoms with Crippen molar-refractivity contribution in [2.75, 3.05) is 5.32 Å². The Morgan fingerprint density at radius 3 is 2.72 bits per heavy atom. The van der Waals surface area contributed by atoms with Gasteiger partial charge in [-0.05, 0) is 36.3 Å². The van der Waals surface area contributed by atoms with Crippen LogP contribution < -0.4 is 5.32 Å². The van der Waals surface area contributed by atoms with Crippen molar-refractivity contribution in [1.82, 2.24) is 14.5 Å².